The predicted molar refractivity (Wildman–Crippen MR) is 160 cm³/mol. The van der Waals surface area contributed by atoms with Crippen LogP contribution in [0, 0.1) is 0 Å². The van der Waals surface area contributed by atoms with Crippen LogP contribution in [0.4, 0.5) is 10.5 Å². The number of likely N-dealkylation sites (tertiary alicyclic amines) is 1. The quantitative estimate of drug-likeness (QED) is 0.332. The minimum absolute atomic E-state index is 0.00286. The molecule has 8 nitrogen and oxygen atoms in total. The summed E-state index contributed by atoms with van der Waals surface area (Å²) >= 11 is 0. The van der Waals surface area contributed by atoms with E-state index in [1.54, 1.807) is 4.90 Å². The van der Waals surface area contributed by atoms with Gasteiger partial charge in [0.1, 0.15) is 11.9 Å². The van der Waals surface area contributed by atoms with Crippen LogP contribution >= 0.6 is 0 Å². The van der Waals surface area contributed by atoms with E-state index in [0.29, 0.717) is 31.7 Å². The second-order valence-electron chi connectivity index (χ2n) is 10.9. The first-order valence-electron chi connectivity index (χ1n) is 14.2. The fourth-order valence-electron chi connectivity index (χ4n) is 5.76. The Labute approximate surface area is 240 Å². The van der Waals surface area contributed by atoms with Crippen LogP contribution < -0.4 is 15.0 Å². The number of benzene rings is 3. The van der Waals surface area contributed by atoms with Gasteiger partial charge in [0.05, 0.1) is 5.52 Å². The number of carbonyl (C=O) groups excluding carboxylic acids is 2. The summed E-state index contributed by atoms with van der Waals surface area (Å²) in [5, 5.41) is 4.00. The Balaban J connectivity index is 1.02. The smallest absolute Gasteiger partial charge is 0.321 e. The third-order valence-corrected chi connectivity index (χ3v) is 7.82. The van der Waals surface area contributed by atoms with Gasteiger partial charge < -0.3 is 15.0 Å². The van der Waals surface area contributed by atoms with Crippen molar-refractivity contribution in [2.75, 3.05) is 38.1 Å². The summed E-state index contributed by atoms with van der Waals surface area (Å²) in [4.78, 5) is 35.6. The van der Waals surface area contributed by atoms with E-state index in [-0.39, 0.29) is 18.0 Å². The molecular weight excluding hydrogens is 514 g/mol. The molecule has 2 fully saturated rings. The molecule has 0 aliphatic carbocycles. The van der Waals surface area contributed by atoms with Crippen LogP contribution in [-0.4, -0.2) is 66.1 Å². The van der Waals surface area contributed by atoms with Crippen LogP contribution in [-0.2, 0) is 13.1 Å². The zero-order valence-electron chi connectivity index (χ0n) is 23.3. The molecule has 1 N–H and O–H groups in total. The minimum Gasteiger partial charge on any atom is -0.490 e. The topological polar surface area (TPSA) is 78.0 Å². The number of pyridine rings is 1. The van der Waals surface area contributed by atoms with Crippen molar-refractivity contribution in [3.8, 4) is 5.75 Å². The summed E-state index contributed by atoms with van der Waals surface area (Å²) in [7, 11) is 2.13. The molecule has 3 heterocycles. The van der Waals surface area contributed by atoms with E-state index in [1.165, 1.54) is 16.5 Å². The molecule has 1 aromatic heterocycles. The predicted octanol–water partition coefficient (Wildman–Crippen LogP) is 5.08. The Hall–Kier alpha value is -4.43. The molecule has 41 heavy (non-hydrogen) atoms. The molecule has 0 radical (unpaired) electrons. The number of amides is 3. The number of ether oxygens (including phenoxy) is 1. The van der Waals surface area contributed by atoms with Crippen LogP contribution in [0.3, 0.4) is 0 Å². The monoisotopic (exact) mass is 549 g/mol. The maximum atomic E-state index is 13.2. The fourth-order valence-corrected chi connectivity index (χ4v) is 5.76. The normalized spacial score (nSPS) is 15.9. The molecule has 0 bridgehead atoms. The highest BCUT2D eigenvalue weighted by molar-refractivity contribution is 5.98. The summed E-state index contributed by atoms with van der Waals surface area (Å²) in [5.74, 6) is 0.864. The molecule has 2 aliphatic heterocycles. The maximum absolute atomic E-state index is 13.2. The van der Waals surface area contributed by atoms with Gasteiger partial charge in [-0.05, 0) is 60.6 Å². The van der Waals surface area contributed by atoms with Crippen LogP contribution in [0.2, 0.25) is 0 Å². The lowest BCUT2D eigenvalue weighted by Crippen LogP contribution is -2.41. The standard InChI is InChI=1S/C33H35N5O3/c1-36(23-26-8-4-12-31-30(26)11-5-15-34-31)22-24-6-2-10-29(20-24)41-28-13-17-37(18-14-28)32(39)25-7-3-9-27(21-25)38-19-16-35-33(38)40/h2-12,15,20-21,28H,13-14,16-19,22-23H2,1H3,(H,35,40). The van der Waals surface area contributed by atoms with E-state index in [4.69, 9.17) is 4.74 Å². The van der Waals surface area contributed by atoms with Crippen molar-refractivity contribution >= 4 is 28.5 Å². The Bertz CT molecular complexity index is 1540. The number of fused-ring (bicyclic) bond motifs is 1. The molecule has 0 unspecified atom stereocenters. The van der Waals surface area contributed by atoms with Gasteiger partial charge in [-0.2, -0.15) is 0 Å². The van der Waals surface area contributed by atoms with Crippen molar-refractivity contribution in [3.05, 3.63) is 102 Å². The summed E-state index contributed by atoms with van der Waals surface area (Å²) in [6, 6.07) is 25.9. The first kappa shape index (κ1) is 26.8. The van der Waals surface area contributed by atoms with Crippen molar-refractivity contribution in [3.63, 3.8) is 0 Å². The zero-order chi connectivity index (χ0) is 28.2. The van der Waals surface area contributed by atoms with Gasteiger partial charge in [0.2, 0.25) is 0 Å². The van der Waals surface area contributed by atoms with Gasteiger partial charge in [0.15, 0.2) is 0 Å². The Morgan fingerprint density at radius 2 is 1.80 bits per heavy atom. The number of aromatic nitrogens is 1. The number of nitrogens with one attached hydrogen (secondary N) is 1. The molecule has 0 saturated carbocycles. The van der Waals surface area contributed by atoms with Gasteiger partial charge in [-0.3, -0.25) is 19.6 Å². The van der Waals surface area contributed by atoms with Crippen LogP contribution in [0.15, 0.2) is 85.1 Å². The lowest BCUT2D eigenvalue weighted by atomic mass is 10.1. The number of hydrogen-bond acceptors (Lipinski definition) is 5. The third kappa shape index (κ3) is 6.18. The molecule has 3 amide bonds. The van der Waals surface area contributed by atoms with Crippen molar-refractivity contribution in [1.29, 1.82) is 0 Å². The van der Waals surface area contributed by atoms with E-state index in [1.807, 2.05) is 59.6 Å². The lowest BCUT2D eigenvalue weighted by Gasteiger charge is -2.32. The molecule has 6 rings (SSSR count). The van der Waals surface area contributed by atoms with Crippen molar-refractivity contribution < 1.29 is 14.3 Å². The van der Waals surface area contributed by atoms with Crippen molar-refractivity contribution in [2.24, 2.45) is 0 Å². The molecule has 0 atom stereocenters. The fraction of sp³-hybridized carbons (Fsp3) is 0.303. The van der Waals surface area contributed by atoms with E-state index >= 15 is 0 Å². The highest BCUT2D eigenvalue weighted by Gasteiger charge is 2.26. The molecule has 2 aliphatic rings. The van der Waals surface area contributed by atoms with E-state index in [2.05, 4.69) is 52.6 Å². The molecule has 0 spiro atoms. The number of hydrogen-bond donors (Lipinski definition) is 1. The lowest BCUT2D eigenvalue weighted by molar-refractivity contribution is 0.0595. The highest BCUT2D eigenvalue weighted by atomic mass is 16.5. The van der Waals surface area contributed by atoms with E-state index < -0.39 is 0 Å². The first-order chi connectivity index (χ1) is 20.0. The average molecular weight is 550 g/mol. The molecule has 3 aromatic carbocycles. The number of anilines is 1. The van der Waals surface area contributed by atoms with Gasteiger partial charge in [-0.1, -0.05) is 36.4 Å². The first-order valence-corrected chi connectivity index (χ1v) is 14.2. The second-order valence-corrected chi connectivity index (χ2v) is 10.9. The molecule has 2 saturated heterocycles. The number of urea groups is 1. The molecular formula is C33H35N5O3. The van der Waals surface area contributed by atoms with E-state index in [9.17, 15) is 9.59 Å². The minimum atomic E-state index is -0.120. The number of rotatable bonds is 8. The van der Waals surface area contributed by atoms with E-state index in [0.717, 1.165) is 42.9 Å². The third-order valence-electron chi connectivity index (χ3n) is 7.82. The largest absolute Gasteiger partial charge is 0.490 e. The average Bonchev–Trinajstić information content (AvgIpc) is 3.43. The van der Waals surface area contributed by atoms with Crippen LogP contribution in [0.25, 0.3) is 10.9 Å². The van der Waals surface area contributed by atoms with Gasteiger partial charge in [-0.25, -0.2) is 4.79 Å². The Morgan fingerprint density at radius 1 is 0.976 bits per heavy atom. The van der Waals surface area contributed by atoms with Gasteiger partial charge in [-0.15, -0.1) is 0 Å². The molecule has 8 heteroatoms. The Morgan fingerprint density at radius 3 is 2.63 bits per heavy atom. The van der Waals surface area contributed by atoms with Crippen LogP contribution in [0.1, 0.15) is 34.3 Å². The summed E-state index contributed by atoms with van der Waals surface area (Å²) in [6.45, 7) is 4.14. The Kier molecular flexibility index (Phi) is 7.82. The maximum Gasteiger partial charge on any atom is 0.321 e. The number of nitrogens with zero attached hydrogens (tertiary/aromatic N) is 4. The molecule has 210 valence electrons. The zero-order valence-corrected chi connectivity index (χ0v) is 23.3. The number of carbonyl (C=O) groups is 2. The summed E-state index contributed by atoms with van der Waals surface area (Å²) in [6.07, 6.45) is 3.45. The van der Waals surface area contributed by atoms with Crippen molar-refractivity contribution in [2.45, 2.75) is 32.0 Å². The van der Waals surface area contributed by atoms with Crippen molar-refractivity contribution in [1.82, 2.24) is 20.1 Å². The highest BCUT2D eigenvalue weighted by Crippen LogP contribution is 2.24. The number of piperidine rings is 1. The molecule has 4 aromatic rings. The second kappa shape index (κ2) is 12.0. The van der Waals surface area contributed by atoms with Crippen LogP contribution in [0.5, 0.6) is 5.75 Å². The summed E-state index contributed by atoms with van der Waals surface area (Å²) < 4.78 is 6.37. The van der Waals surface area contributed by atoms with Gasteiger partial charge >= 0.3 is 6.03 Å². The SMILES string of the molecule is CN(Cc1cccc(OC2CCN(C(=O)c3cccc(N4CCNC4=O)c3)CC2)c1)Cc1cccc2ncccc12. The summed E-state index contributed by atoms with van der Waals surface area (Å²) in [5.41, 5.74) is 4.84. The van der Waals surface area contributed by atoms with Gasteiger partial charge in [0.25, 0.3) is 5.91 Å². The van der Waals surface area contributed by atoms with Gasteiger partial charge in [0, 0.05) is 74.9 Å².